The maximum Gasteiger partial charge on any atom is 0.346 e. The van der Waals surface area contributed by atoms with Crippen molar-refractivity contribution in [3.8, 4) is 0 Å². The van der Waals surface area contributed by atoms with Crippen molar-refractivity contribution in [2.45, 2.75) is 6.04 Å². The number of thiophene rings is 1. The molecule has 1 aromatic heterocycles. The lowest BCUT2D eigenvalue weighted by atomic mass is 10.1. The largest absolute Gasteiger partial charge is 0.477 e. The Kier molecular flexibility index (Phi) is 2.81. The highest BCUT2D eigenvalue weighted by Gasteiger charge is 2.21. The molecule has 76 valence electrons. The minimum absolute atomic E-state index is 0.140. The molecule has 0 radical (unpaired) electrons. The van der Waals surface area contributed by atoms with Gasteiger partial charge in [0, 0.05) is 25.7 Å². The average molecular weight is 212 g/mol. The van der Waals surface area contributed by atoms with E-state index in [1.54, 1.807) is 0 Å². The van der Waals surface area contributed by atoms with E-state index in [1.807, 2.05) is 11.4 Å². The quantitative estimate of drug-likeness (QED) is 0.674. The first kappa shape index (κ1) is 9.64. The molecular weight excluding hydrogens is 200 g/mol. The van der Waals surface area contributed by atoms with Gasteiger partial charge in [0.25, 0.3) is 0 Å². The molecule has 14 heavy (non-hydrogen) atoms. The van der Waals surface area contributed by atoms with Gasteiger partial charge in [-0.2, -0.15) is 0 Å². The van der Waals surface area contributed by atoms with Crippen LogP contribution in [0.25, 0.3) is 0 Å². The van der Waals surface area contributed by atoms with Crippen LogP contribution in [0.5, 0.6) is 0 Å². The van der Waals surface area contributed by atoms with Gasteiger partial charge in [0.15, 0.2) is 0 Å². The van der Waals surface area contributed by atoms with Gasteiger partial charge in [-0.05, 0) is 17.0 Å². The molecule has 0 bridgehead atoms. The Morgan fingerprint density at radius 3 is 3.07 bits per heavy atom. The third kappa shape index (κ3) is 1.79. The first-order chi connectivity index (χ1) is 6.79. The molecule has 2 rings (SSSR count). The van der Waals surface area contributed by atoms with Crippen LogP contribution in [0.3, 0.4) is 0 Å². The summed E-state index contributed by atoms with van der Waals surface area (Å²) >= 11 is 1.28. The first-order valence-electron chi connectivity index (χ1n) is 4.54. The molecule has 0 unspecified atom stereocenters. The van der Waals surface area contributed by atoms with Gasteiger partial charge in [-0.25, -0.2) is 4.79 Å². The van der Waals surface area contributed by atoms with E-state index in [2.05, 4.69) is 10.6 Å². The van der Waals surface area contributed by atoms with E-state index < -0.39 is 5.97 Å². The molecule has 1 aliphatic heterocycles. The van der Waals surface area contributed by atoms with E-state index in [4.69, 9.17) is 5.11 Å². The third-order valence-corrected chi connectivity index (χ3v) is 3.22. The topological polar surface area (TPSA) is 61.4 Å². The molecule has 0 saturated carbocycles. The molecule has 3 N–H and O–H groups in total. The van der Waals surface area contributed by atoms with Crippen molar-refractivity contribution in [3.05, 3.63) is 21.9 Å². The third-order valence-electron chi connectivity index (χ3n) is 2.31. The minimum Gasteiger partial charge on any atom is -0.477 e. The summed E-state index contributed by atoms with van der Waals surface area (Å²) in [6.07, 6.45) is 0. The summed E-state index contributed by atoms with van der Waals surface area (Å²) in [7, 11) is 0. The zero-order valence-electron chi connectivity index (χ0n) is 7.62. The number of piperazine rings is 1. The highest BCUT2D eigenvalue weighted by molar-refractivity contribution is 7.12. The van der Waals surface area contributed by atoms with Crippen molar-refractivity contribution in [1.29, 1.82) is 0 Å². The normalized spacial score (nSPS) is 22.1. The van der Waals surface area contributed by atoms with Crippen LogP contribution < -0.4 is 10.6 Å². The summed E-state index contributed by atoms with van der Waals surface area (Å²) in [5.41, 5.74) is 0.898. The number of aromatic carboxylic acids is 1. The molecule has 0 aliphatic carbocycles. The maximum absolute atomic E-state index is 10.9. The molecule has 1 aliphatic rings. The minimum atomic E-state index is -0.831. The van der Waals surface area contributed by atoms with Crippen LogP contribution in [-0.4, -0.2) is 30.7 Å². The Labute approximate surface area is 85.9 Å². The maximum atomic E-state index is 10.9. The fourth-order valence-electron chi connectivity index (χ4n) is 1.64. The van der Waals surface area contributed by atoms with Crippen LogP contribution in [-0.2, 0) is 0 Å². The number of hydrogen-bond donors (Lipinski definition) is 3. The molecule has 4 nitrogen and oxygen atoms in total. The Balaban J connectivity index is 2.21. The lowest BCUT2D eigenvalue weighted by Gasteiger charge is -2.24. The second-order valence-electron chi connectivity index (χ2n) is 3.22. The monoisotopic (exact) mass is 212 g/mol. The van der Waals surface area contributed by atoms with Crippen LogP contribution >= 0.6 is 11.3 Å². The Morgan fingerprint density at radius 2 is 2.43 bits per heavy atom. The van der Waals surface area contributed by atoms with Gasteiger partial charge in [0.1, 0.15) is 4.88 Å². The van der Waals surface area contributed by atoms with Crippen LogP contribution in [0, 0.1) is 0 Å². The van der Waals surface area contributed by atoms with Crippen LogP contribution in [0.1, 0.15) is 21.3 Å². The number of carboxylic acid groups (broad SMARTS) is 1. The van der Waals surface area contributed by atoms with Crippen LogP contribution in [0.15, 0.2) is 11.4 Å². The SMILES string of the molecule is O=C(O)c1sccc1[C@@H]1CNCCN1. The highest BCUT2D eigenvalue weighted by Crippen LogP contribution is 2.23. The predicted octanol–water partition coefficient (Wildman–Crippen LogP) is 0.680. The molecule has 0 amide bonds. The number of carbonyl (C=O) groups is 1. The smallest absolute Gasteiger partial charge is 0.346 e. The fourth-order valence-corrected chi connectivity index (χ4v) is 2.44. The summed E-state index contributed by atoms with van der Waals surface area (Å²) < 4.78 is 0. The van der Waals surface area contributed by atoms with E-state index >= 15 is 0 Å². The summed E-state index contributed by atoms with van der Waals surface area (Å²) in [4.78, 5) is 11.3. The van der Waals surface area contributed by atoms with Gasteiger partial charge < -0.3 is 15.7 Å². The van der Waals surface area contributed by atoms with E-state index in [9.17, 15) is 4.79 Å². The van der Waals surface area contributed by atoms with Crippen molar-refractivity contribution in [2.75, 3.05) is 19.6 Å². The summed E-state index contributed by atoms with van der Waals surface area (Å²) in [6, 6.07) is 2.03. The van der Waals surface area contributed by atoms with Gasteiger partial charge in [-0.15, -0.1) is 11.3 Å². The highest BCUT2D eigenvalue weighted by atomic mass is 32.1. The molecule has 1 aromatic rings. The number of rotatable bonds is 2. The Hall–Kier alpha value is -0.910. The predicted molar refractivity (Wildman–Crippen MR) is 54.9 cm³/mol. The average Bonchev–Trinajstić information content (AvgIpc) is 2.67. The zero-order valence-corrected chi connectivity index (χ0v) is 8.43. The molecule has 1 fully saturated rings. The molecule has 0 spiro atoms. The van der Waals surface area contributed by atoms with Crippen molar-refractivity contribution in [1.82, 2.24) is 10.6 Å². The van der Waals surface area contributed by atoms with E-state index in [0.717, 1.165) is 25.2 Å². The molecule has 5 heteroatoms. The Bertz CT molecular complexity index is 331. The molecule has 1 saturated heterocycles. The standard InChI is InChI=1S/C9H12N2O2S/c12-9(13)8-6(1-4-14-8)7-5-10-2-3-11-7/h1,4,7,10-11H,2-3,5H2,(H,12,13)/t7-/m0/s1. The fraction of sp³-hybridized carbons (Fsp3) is 0.444. The lowest BCUT2D eigenvalue weighted by molar-refractivity contribution is 0.0700. The summed E-state index contributed by atoms with van der Waals surface area (Å²) in [5, 5.41) is 17.3. The van der Waals surface area contributed by atoms with Gasteiger partial charge in [0.2, 0.25) is 0 Å². The van der Waals surface area contributed by atoms with Gasteiger partial charge in [-0.1, -0.05) is 0 Å². The summed E-state index contributed by atoms with van der Waals surface area (Å²) in [6.45, 7) is 2.64. The molecule has 2 heterocycles. The van der Waals surface area contributed by atoms with Crippen molar-refractivity contribution < 1.29 is 9.90 Å². The first-order valence-corrected chi connectivity index (χ1v) is 5.42. The summed E-state index contributed by atoms with van der Waals surface area (Å²) in [5.74, 6) is -0.831. The van der Waals surface area contributed by atoms with Gasteiger partial charge >= 0.3 is 5.97 Å². The number of nitrogens with one attached hydrogen (secondary N) is 2. The van der Waals surface area contributed by atoms with Gasteiger partial charge in [-0.3, -0.25) is 0 Å². The van der Waals surface area contributed by atoms with E-state index in [-0.39, 0.29) is 6.04 Å². The molecule has 1 atom stereocenters. The van der Waals surface area contributed by atoms with Crippen molar-refractivity contribution >= 4 is 17.3 Å². The number of carboxylic acids is 1. The second-order valence-corrected chi connectivity index (χ2v) is 4.14. The van der Waals surface area contributed by atoms with Gasteiger partial charge in [0.05, 0.1) is 0 Å². The zero-order chi connectivity index (χ0) is 9.97. The van der Waals surface area contributed by atoms with Crippen molar-refractivity contribution in [2.24, 2.45) is 0 Å². The van der Waals surface area contributed by atoms with Crippen LogP contribution in [0.4, 0.5) is 0 Å². The van der Waals surface area contributed by atoms with Crippen LogP contribution in [0.2, 0.25) is 0 Å². The van der Waals surface area contributed by atoms with E-state index in [0.29, 0.717) is 4.88 Å². The Morgan fingerprint density at radius 1 is 1.57 bits per heavy atom. The van der Waals surface area contributed by atoms with E-state index in [1.165, 1.54) is 11.3 Å². The second kappa shape index (κ2) is 4.08. The molecular formula is C9H12N2O2S. The molecule has 0 aromatic carbocycles. The number of hydrogen-bond acceptors (Lipinski definition) is 4. The van der Waals surface area contributed by atoms with Crippen molar-refractivity contribution in [3.63, 3.8) is 0 Å². The lowest BCUT2D eigenvalue weighted by Crippen LogP contribution is -2.42.